The zero-order valence-electron chi connectivity index (χ0n) is 11.5. The molecule has 0 fully saturated rings. The van der Waals surface area contributed by atoms with Crippen LogP contribution in [0.25, 0.3) is 0 Å². The summed E-state index contributed by atoms with van der Waals surface area (Å²) in [6, 6.07) is 9.80. The van der Waals surface area contributed by atoms with E-state index < -0.39 is 0 Å². The zero-order chi connectivity index (χ0) is 12.5. The Hall–Kier alpha value is -0.980. The van der Waals surface area contributed by atoms with Crippen molar-refractivity contribution in [3.63, 3.8) is 0 Å². The number of hydrogen-bond donors (Lipinski definition) is 0. The van der Waals surface area contributed by atoms with Crippen molar-refractivity contribution in [3.8, 4) is 5.75 Å². The maximum atomic E-state index is 5.21. The molecular weight excluding hydrogens is 184 g/mol. The smallest absolute Gasteiger partial charge is 0.119 e. The Morgan fingerprint density at radius 3 is 1.53 bits per heavy atom. The van der Waals surface area contributed by atoms with Crippen molar-refractivity contribution >= 4 is 0 Å². The van der Waals surface area contributed by atoms with E-state index in [4.69, 9.17) is 4.74 Å². The van der Waals surface area contributed by atoms with Crippen LogP contribution in [0.2, 0.25) is 0 Å². The Labute approximate surface area is 96.5 Å². The van der Waals surface area contributed by atoms with Crippen molar-refractivity contribution in [1.29, 1.82) is 0 Å². The summed E-state index contributed by atoms with van der Waals surface area (Å²) in [6.07, 6.45) is 0. The molecule has 0 aliphatic carbocycles. The zero-order valence-corrected chi connectivity index (χ0v) is 11.5. The number of ether oxygens (including phenoxy) is 1. The maximum Gasteiger partial charge on any atom is 0.119 e. The fourth-order valence-corrected chi connectivity index (χ4v) is 0.683. The normalized spacial score (nSPS) is 6.60. The van der Waals surface area contributed by atoms with Gasteiger partial charge in [-0.25, -0.2) is 0 Å². The summed E-state index contributed by atoms with van der Waals surface area (Å²) in [7, 11) is 0. The van der Waals surface area contributed by atoms with Crippen molar-refractivity contribution in [2.24, 2.45) is 0 Å². The highest BCUT2D eigenvalue weighted by Gasteiger charge is 1.83. The first-order chi connectivity index (χ1) is 7.43. The quantitative estimate of drug-likeness (QED) is 0.657. The second-order valence-corrected chi connectivity index (χ2v) is 1.75. The molecule has 1 heteroatoms. The Morgan fingerprint density at radius 1 is 0.800 bits per heavy atom. The topological polar surface area (TPSA) is 9.23 Å². The van der Waals surface area contributed by atoms with Crippen LogP contribution in [0, 0.1) is 0 Å². The Bertz CT molecular complexity index is 158. The van der Waals surface area contributed by atoms with Crippen LogP contribution in [0.4, 0.5) is 0 Å². The molecule has 0 aliphatic heterocycles. The van der Waals surface area contributed by atoms with E-state index in [1.165, 1.54) is 0 Å². The summed E-state index contributed by atoms with van der Waals surface area (Å²) in [5.41, 5.74) is 0. The predicted octanol–water partition coefficient (Wildman–Crippen LogP) is 5.16. The van der Waals surface area contributed by atoms with Gasteiger partial charge in [-0.3, -0.25) is 0 Å². The van der Waals surface area contributed by atoms with Gasteiger partial charge in [-0.1, -0.05) is 59.7 Å². The molecule has 0 N–H and O–H groups in total. The molecule has 0 atom stereocenters. The second-order valence-electron chi connectivity index (χ2n) is 1.75. The molecule has 1 aromatic carbocycles. The largest absolute Gasteiger partial charge is 0.494 e. The first-order valence-electron chi connectivity index (χ1n) is 6.11. The van der Waals surface area contributed by atoms with Crippen LogP contribution >= 0.6 is 0 Å². The van der Waals surface area contributed by atoms with Crippen LogP contribution in [0.1, 0.15) is 48.5 Å². The summed E-state index contributed by atoms with van der Waals surface area (Å²) in [5.74, 6) is 0.944. The number of para-hydroxylation sites is 1. The van der Waals surface area contributed by atoms with Gasteiger partial charge in [-0.05, 0) is 19.1 Å². The Morgan fingerprint density at radius 2 is 1.20 bits per heavy atom. The number of rotatable bonds is 2. The summed E-state index contributed by atoms with van der Waals surface area (Å²) in [4.78, 5) is 0. The van der Waals surface area contributed by atoms with E-state index in [0.717, 1.165) is 12.4 Å². The van der Waals surface area contributed by atoms with Gasteiger partial charge in [0.2, 0.25) is 0 Å². The average Bonchev–Trinajstić information content (AvgIpc) is 2.38. The van der Waals surface area contributed by atoms with Crippen LogP contribution in [-0.4, -0.2) is 6.61 Å². The van der Waals surface area contributed by atoms with Crippen molar-refractivity contribution in [1.82, 2.24) is 0 Å². The minimum absolute atomic E-state index is 0.740. The van der Waals surface area contributed by atoms with Crippen molar-refractivity contribution < 1.29 is 4.74 Å². The van der Waals surface area contributed by atoms with Crippen LogP contribution in [-0.2, 0) is 0 Å². The van der Waals surface area contributed by atoms with E-state index in [1.807, 2.05) is 78.8 Å². The van der Waals surface area contributed by atoms with Crippen LogP contribution in [0.5, 0.6) is 5.75 Å². The molecule has 0 unspecified atom stereocenters. The fraction of sp³-hybridized carbons (Fsp3) is 0.571. The van der Waals surface area contributed by atoms with E-state index in [1.54, 1.807) is 0 Å². The molecule has 0 saturated heterocycles. The van der Waals surface area contributed by atoms with Crippen molar-refractivity contribution in [2.45, 2.75) is 48.5 Å². The SMILES string of the molecule is CC.CC.CC.CCOc1ccccc1. The summed E-state index contributed by atoms with van der Waals surface area (Å²) >= 11 is 0. The van der Waals surface area contributed by atoms with Gasteiger partial charge < -0.3 is 4.74 Å². The lowest BCUT2D eigenvalue weighted by Gasteiger charge is -1.99. The third-order valence-electron chi connectivity index (χ3n) is 1.05. The third kappa shape index (κ3) is 15.7. The Kier molecular flexibility index (Phi) is 30.2. The van der Waals surface area contributed by atoms with Crippen LogP contribution < -0.4 is 4.74 Å². The van der Waals surface area contributed by atoms with Gasteiger partial charge in [-0.15, -0.1) is 0 Å². The summed E-state index contributed by atoms with van der Waals surface area (Å²) < 4.78 is 5.21. The lowest BCUT2D eigenvalue weighted by molar-refractivity contribution is 0.340. The molecule has 1 nitrogen and oxygen atoms in total. The molecule has 15 heavy (non-hydrogen) atoms. The van der Waals surface area contributed by atoms with E-state index in [0.29, 0.717) is 0 Å². The van der Waals surface area contributed by atoms with Crippen LogP contribution in [0.15, 0.2) is 30.3 Å². The standard InChI is InChI=1S/C8H10O.3C2H6/c1-2-9-8-6-4-3-5-7-8;3*1-2/h3-7H,2H2,1H3;3*1-2H3. The highest BCUT2D eigenvalue weighted by atomic mass is 16.5. The van der Waals surface area contributed by atoms with Gasteiger partial charge in [0.1, 0.15) is 5.75 Å². The van der Waals surface area contributed by atoms with Gasteiger partial charge in [0.05, 0.1) is 6.61 Å². The highest BCUT2D eigenvalue weighted by molar-refractivity contribution is 5.20. The third-order valence-corrected chi connectivity index (χ3v) is 1.05. The molecule has 1 aromatic rings. The highest BCUT2D eigenvalue weighted by Crippen LogP contribution is 2.06. The molecule has 90 valence electrons. The molecule has 1 rings (SSSR count). The first-order valence-corrected chi connectivity index (χ1v) is 6.11. The molecule has 0 heterocycles. The Balaban J connectivity index is -0.000000208. The van der Waals surface area contributed by atoms with Crippen molar-refractivity contribution in [3.05, 3.63) is 30.3 Å². The minimum atomic E-state index is 0.740. The summed E-state index contributed by atoms with van der Waals surface area (Å²) in [5, 5.41) is 0. The van der Waals surface area contributed by atoms with Gasteiger partial charge in [0, 0.05) is 0 Å². The molecule has 0 aliphatic rings. The fourth-order valence-electron chi connectivity index (χ4n) is 0.683. The predicted molar refractivity (Wildman–Crippen MR) is 71.7 cm³/mol. The van der Waals surface area contributed by atoms with Crippen molar-refractivity contribution in [2.75, 3.05) is 6.61 Å². The van der Waals surface area contributed by atoms with Crippen LogP contribution in [0.3, 0.4) is 0 Å². The maximum absolute atomic E-state index is 5.21. The average molecular weight is 212 g/mol. The monoisotopic (exact) mass is 212 g/mol. The van der Waals surface area contributed by atoms with E-state index in [9.17, 15) is 0 Å². The van der Waals surface area contributed by atoms with E-state index in [-0.39, 0.29) is 0 Å². The van der Waals surface area contributed by atoms with Gasteiger partial charge in [-0.2, -0.15) is 0 Å². The van der Waals surface area contributed by atoms with Gasteiger partial charge in [0.15, 0.2) is 0 Å². The lowest BCUT2D eigenvalue weighted by atomic mass is 10.3. The van der Waals surface area contributed by atoms with Gasteiger partial charge >= 0.3 is 0 Å². The molecular formula is C14H28O. The molecule has 0 saturated carbocycles. The summed E-state index contributed by atoms with van der Waals surface area (Å²) in [6.45, 7) is 14.7. The van der Waals surface area contributed by atoms with E-state index >= 15 is 0 Å². The number of benzene rings is 1. The molecule has 0 amide bonds. The molecule has 0 spiro atoms. The molecule has 0 aromatic heterocycles. The number of hydrogen-bond acceptors (Lipinski definition) is 1. The minimum Gasteiger partial charge on any atom is -0.494 e. The van der Waals surface area contributed by atoms with E-state index in [2.05, 4.69) is 0 Å². The van der Waals surface area contributed by atoms with Gasteiger partial charge in [0.25, 0.3) is 0 Å². The molecule has 0 bridgehead atoms. The molecule has 0 radical (unpaired) electrons. The lowest BCUT2D eigenvalue weighted by Crippen LogP contribution is -1.89. The first kappa shape index (κ1) is 19.6. The second kappa shape index (κ2) is 23.1.